The summed E-state index contributed by atoms with van der Waals surface area (Å²) in [4.78, 5) is 29.7. The molecule has 164 valence electrons. The van der Waals surface area contributed by atoms with Gasteiger partial charge in [0.25, 0.3) is 5.91 Å². The number of aryl methyl sites for hydroxylation is 1. The van der Waals surface area contributed by atoms with Crippen molar-refractivity contribution in [3.05, 3.63) is 71.4 Å². The van der Waals surface area contributed by atoms with E-state index in [2.05, 4.69) is 20.8 Å². The fourth-order valence-corrected chi connectivity index (χ4v) is 3.97. The zero-order valence-electron chi connectivity index (χ0n) is 17.5. The van der Waals surface area contributed by atoms with E-state index in [1.807, 2.05) is 53.9 Å². The van der Waals surface area contributed by atoms with Crippen LogP contribution in [0.3, 0.4) is 0 Å². The maximum absolute atomic E-state index is 12.3. The fraction of sp³-hybridized carbons (Fsp3) is 0.250. The Morgan fingerprint density at radius 3 is 2.66 bits per heavy atom. The van der Waals surface area contributed by atoms with E-state index in [0.29, 0.717) is 30.2 Å². The number of unbranched alkanes of at least 4 members (excludes halogenated alkanes) is 2. The van der Waals surface area contributed by atoms with Gasteiger partial charge in [-0.3, -0.25) is 9.59 Å². The number of nitrogens with one attached hydrogen (secondary N) is 2. The van der Waals surface area contributed by atoms with E-state index in [4.69, 9.17) is 4.52 Å². The van der Waals surface area contributed by atoms with Gasteiger partial charge >= 0.3 is 0 Å². The quantitative estimate of drug-likeness (QED) is 0.354. The average Bonchev–Trinajstić information content (AvgIpc) is 3.51. The summed E-state index contributed by atoms with van der Waals surface area (Å²) in [5, 5.41) is 13.6. The molecule has 2 aromatic heterocycles. The van der Waals surface area contributed by atoms with E-state index in [0.717, 1.165) is 34.9 Å². The average molecular weight is 449 g/mol. The third kappa shape index (κ3) is 5.79. The Kier molecular flexibility index (Phi) is 7.24. The van der Waals surface area contributed by atoms with Gasteiger partial charge in [-0.05, 0) is 47.2 Å². The minimum Gasteiger partial charge on any atom is -0.355 e. The molecule has 4 rings (SSSR count). The molecule has 4 aromatic rings. The lowest BCUT2D eigenvalue weighted by atomic mass is 10.1. The molecule has 0 atom stereocenters. The van der Waals surface area contributed by atoms with Crippen molar-refractivity contribution in [2.24, 2.45) is 0 Å². The molecule has 0 spiro atoms. The number of thiophene rings is 1. The van der Waals surface area contributed by atoms with Crippen LogP contribution >= 0.6 is 11.3 Å². The molecule has 0 bridgehead atoms. The van der Waals surface area contributed by atoms with Crippen LogP contribution in [0.5, 0.6) is 0 Å². The van der Waals surface area contributed by atoms with Gasteiger partial charge in [0.15, 0.2) is 0 Å². The Morgan fingerprint density at radius 2 is 1.81 bits per heavy atom. The number of nitrogens with zero attached hydrogens (tertiary/aromatic N) is 2. The van der Waals surface area contributed by atoms with Gasteiger partial charge < -0.3 is 15.2 Å². The van der Waals surface area contributed by atoms with Crippen molar-refractivity contribution < 1.29 is 14.1 Å². The van der Waals surface area contributed by atoms with Crippen molar-refractivity contribution in [1.82, 2.24) is 20.8 Å². The van der Waals surface area contributed by atoms with Gasteiger partial charge in [0.1, 0.15) is 0 Å². The molecule has 0 aliphatic heterocycles. The zero-order chi connectivity index (χ0) is 22.2. The molecule has 0 saturated heterocycles. The first kappa shape index (κ1) is 21.7. The number of carbonyl (C=O) groups excluding carboxylic acids is 2. The molecule has 2 aromatic carbocycles. The summed E-state index contributed by atoms with van der Waals surface area (Å²) in [5.74, 6) is 0.811. The highest BCUT2D eigenvalue weighted by atomic mass is 32.1. The molecule has 0 aliphatic rings. The summed E-state index contributed by atoms with van der Waals surface area (Å²) < 4.78 is 5.28. The predicted molar refractivity (Wildman–Crippen MR) is 124 cm³/mol. The van der Waals surface area contributed by atoms with Gasteiger partial charge in [0.05, 0.1) is 11.4 Å². The SMILES string of the molecule is O=C(CNC(=O)c1ccc2ccccc2c1)NCCCCCc1nc(-c2cccs2)no1. The molecule has 2 heterocycles. The largest absolute Gasteiger partial charge is 0.355 e. The zero-order valence-corrected chi connectivity index (χ0v) is 18.4. The van der Waals surface area contributed by atoms with Gasteiger partial charge in [-0.2, -0.15) is 4.98 Å². The number of hydrogen-bond acceptors (Lipinski definition) is 6. The van der Waals surface area contributed by atoms with Crippen molar-refractivity contribution in [2.45, 2.75) is 25.7 Å². The summed E-state index contributed by atoms with van der Waals surface area (Å²) in [7, 11) is 0. The van der Waals surface area contributed by atoms with E-state index >= 15 is 0 Å². The number of carbonyl (C=O) groups is 2. The maximum Gasteiger partial charge on any atom is 0.251 e. The molecule has 2 amide bonds. The Labute approximate surface area is 189 Å². The van der Waals surface area contributed by atoms with Crippen molar-refractivity contribution >= 4 is 33.9 Å². The van der Waals surface area contributed by atoms with Crippen LogP contribution in [0.4, 0.5) is 0 Å². The van der Waals surface area contributed by atoms with Crippen molar-refractivity contribution in [3.63, 3.8) is 0 Å². The molecular weight excluding hydrogens is 424 g/mol. The third-order valence-electron chi connectivity index (χ3n) is 5.02. The fourth-order valence-electron chi connectivity index (χ4n) is 3.32. The monoisotopic (exact) mass is 448 g/mol. The Morgan fingerprint density at radius 1 is 0.938 bits per heavy atom. The summed E-state index contributed by atoms with van der Waals surface area (Å²) in [6.07, 6.45) is 3.39. The lowest BCUT2D eigenvalue weighted by Gasteiger charge is -2.07. The second kappa shape index (κ2) is 10.7. The first-order valence-electron chi connectivity index (χ1n) is 10.6. The second-order valence-electron chi connectivity index (χ2n) is 7.39. The van der Waals surface area contributed by atoms with Crippen molar-refractivity contribution in [1.29, 1.82) is 0 Å². The summed E-state index contributed by atoms with van der Waals surface area (Å²) in [6.45, 7) is 0.522. The Bertz CT molecular complexity index is 1190. The Balaban J connectivity index is 1.10. The van der Waals surface area contributed by atoms with Gasteiger partial charge in [-0.1, -0.05) is 48.0 Å². The highest BCUT2D eigenvalue weighted by molar-refractivity contribution is 7.13. The van der Waals surface area contributed by atoms with Crippen LogP contribution < -0.4 is 10.6 Å². The van der Waals surface area contributed by atoms with Gasteiger partial charge in [0.2, 0.25) is 17.6 Å². The van der Waals surface area contributed by atoms with E-state index in [1.54, 1.807) is 17.4 Å². The van der Waals surface area contributed by atoms with Crippen molar-refractivity contribution in [2.75, 3.05) is 13.1 Å². The molecule has 7 nitrogen and oxygen atoms in total. The molecular formula is C24H24N4O3S. The van der Waals surface area contributed by atoms with Crippen LogP contribution in [0, 0.1) is 0 Å². The van der Waals surface area contributed by atoms with Crippen LogP contribution in [0.15, 0.2) is 64.5 Å². The number of fused-ring (bicyclic) bond motifs is 1. The van der Waals surface area contributed by atoms with Crippen molar-refractivity contribution in [3.8, 4) is 10.7 Å². The highest BCUT2D eigenvalue weighted by Crippen LogP contribution is 2.21. The number of hydrogen-bond donors (Lipinski definition) is 2. The predicted octanol–water partition coefficient (Wildman–Crippen LogP) is 4.21. The van der Waals surface area contributed by atoms with Crippen LogP contribution in [-0.2, 0) is 11.2 Å². The molecule has 0 fully saturated rings. The number of rotatable bonds is 10. The number of aromatic nitrogens is 2. The summed E-state index contributed by atoms with van der Waals surface area (Å²) >= 11 is 1.58. The van der Waals surface area contributed by atoms with Crippen LogP contribution in [-0.4, -0.2) is 35.0 Å². The van der Waals surface area contributed by atoms with E-state index in [9.17, 15) is 9.59 Å². The highest BCUT2D eigenvalue weighted by Gasteiger charge is 2.10. The molecule has 8 heteroatoms. The van der Waals surface area contributed by atoms with E-state index in [-0.39, 0.29) is 18.4 Å². The topological polar surface area (TPSA) is 97.1 Å². The number of amides is 2. The molecule has 0 aliphatic carbocycles. The Hall–Kier alpha value is -3.52. The summed E-state index contributed by atoms with van der Waals surface area (Å²) in [5.41, 5.74) is 0.541. The molecule has 0 unspecified atom stereocenters. The standard InChI is InChI=1S/C24H24N4O3S/c29-21(16-26-24(30)19-12-11-17-7-3-4-8-18(17)15-19)25-13-5-1-2-10-22-27-23(28-31-22)20-9-6-14-32-20/h3-4,6-9,11-12,14-15H,1-2,5,10,13,16H2,(H,25,29)(H,26,30). The molecule has 2 N–H and O–H groups in total. The first-order chi connectivity index (χ1) is 15.7. The maximum atomic E-state index is 12.3. The smallest absolute Gasteiger partial charge is 0.251 e. The lowest BCUT2D eigenvalue weighted by Crippen LogP contribution is -2.37. The van der Waals surface area contributed by atoms with E-state index in [1.165, 1.54) is 0 Å². The van der Waals surface area contributed by atoms with Crippen LogP contribution in [0.2, 0.25) is 0 Å². The molecule has 0 radical (unpaired) electrons. The van der Waals surface area contributed by atoms with Gasteiger partial charge in [-0.25, -0.2) is 0 Å². The lowest BCUT2D eigenvalue weighted by molar-refractivity contribution is -0.120. The van der Waals surface area contributed by atoms with Crippen LogP contribution in [0.25, 0.3) is 21.5 Å². The summed E-state index contributed by atoms with van der Waals surface area (Å²) in [6, 6.07) is 17.3. The molecule has 0 saturated carbocycles. The van der Waals surface area contributed by atoms with Gasteiger partial charge in [-0.15, -0.1) is 11.3 Å². The minimum absolute atomic E-state index is 0.0425. The van der Waals surface area contributed by atoms with Crippen LogP contribution in [0.1, 0.15) is 35.5 Å². The second-order valence-corrected chi connectivity index (χ2v) is 8.34. The molecule has 32 heavy (non-hydrogen) atoms. The van der Waals surface area contributed by atoms with E-state index < -0.39 is 0 Å². The normalized spacial score (nSPS) is 10.9. The number of benzene rings is 2. The minimum atomic E-state index is -0.257. The van der Waals surface area contributed by atoms with Gasteiger partial charge in [0, 0.05) is 18.5 Å². The first-order valence-corrected chi connectivity index (χ1v) is 11.5. The third-order valence-corrected chi connectivity index (χ3v) is 5.89.